The minimum absolute atomic E-state index is 0.0975. The molecule has 1 aliphatic heterocycles. The van der Waals surface area contributed by atoms with Gasteiger partial charge < -0.3 is 19.3 Å². The second-order valence-corrected chi connectivity index (χ2v) is 8.74. The molecule has 1 aromatic carbocycles. The predicted molar refractivity (Wildman–Crippen MR) is 111 cm³/mol. The van der Waals surface area contributed by atoms with Gasteiger partial charge in [-0.1, -0.05) is 12.1 Å². The van der Waals surface area contributed by atoms with E-state index in [2.05, 4.69) is 9.72 Å². The summed E-state index contributed by atoms with van der Waals surface area (Å²) in [6, 6.07) is 6.64. The molecule has 33 heavy (non-hydrogen) atoms. The highest BCUT2D eigenvalue weighted by Gasteiger charge is 2.44. The van der Waals surface area contributed by atoms with Crippen molar-refractivity contribution >= 4 is 23.3 Å². The minimum Gasteiger partial charge on any atom is -0.482 e. The number of halogens is 3. The molecule has 1 aromatic heterocycles. The number of carbonyl (C=O) groups is 2. The lowest BCUT2D eigenvalue weighted by Crippen LogP contribution is -2.43. The topological polar surface area (TPSA) is 98.2 Å². The Labute approximate surface area is 191 Å². The first-order valence-corrected chi connectivity index (χ1v) is 10.8. The molecular formula is C21H23F3N2O6S. The van der Waals surface area contributed by atoms with Gasteiger partial charge in [0.1, 0.15) is 11.9 Å². The molecule has 2 heterocycles. The van der Waals surface area contributed by atoms with Crippen molar-refractivity contribution < 1.29 is 42.1 Å². The highest BCUT2D eigenvalue weighted by Crippen LogP contribution is 2.39. The molecule has 1 fully saturated rings. The number of aryl methyl sites for hydroxylation is 1. The molecule has 0 aliphatic carbocycles. The smallest absolute Gasteiger partial charge is 0.443 e. The number of alkyl halides is 3. The molecular weight excluding hydrogens is 465 g/mol. The molecule has 12 heteroatoms. The summed E-state index contributed by atoms with van der Waals surface area (Å²) in [6.45, 7) is 3.21. The standard InChI is InChI=1S/C21H23F3N2O6S/c1-11(8-13-4-6-14(7-5-13)31-10-16(27)30-3)26-9-15(32-18(26)19(28)29)17-12(2)33-20(25-17)21(22,23)24/h4-7,11,15,18H,8-10H2,1-3H3,(H,28,29). The number of rotatable bonds is 8. The monoisotopic (exact) mass is 488 g/mol. The van der Waals surface area contributed by atoms with Gasteiger partial charge in [0.15, 0.2) is 11.6 Å². The van der Waals surface area contributed by atoms with Crippen LogP contribution in [-0.2, 0) is 31.7 Å². The van der Waals surface area contributed by atoms with E-state index in [4.69, 9.17) is 9.47 Å². The molecule has 2 aromatic rings. The summed E-state index contributed by atoms with van der Waals surface area (Å²) in [6.07, 6.45) is -6.29. The van der Waals surface area contributed by atoms with Crippen molar-refractivity contribution in [3.05, 3.63) is 45.4 Å². The lowest BCUT2D eigenvalue weighted by atomic mass is 10.1. The zero-order valence-corrected chi connectivity index (χ0v) is 18.9. The van der Waals surface area contributed by atoms with Gasteiger partial charge in [0, 0.05) is 17.5 Å². The third-order valence-electron chi connectivity index (χ3n) is 5.17. The molecule has 0 bridgehead atoms. The summed E-state index contributed by atoms with van der Waals surface area (Å²) >= 11 is 0.516. The number of ether oxygens (including phenoxy) is 3. The Bertz CT molecular complexity index is 995. The summed E-state index contributed by atoms with van der Waals surface area (Å²) in [5.41, 5.74) is 0.991. The van der Waals surface area contributed by atoms with E-state index in [1.165, 1.54) is 14.0 Å². The molecule has 0 amide bonds. The van der Waals surface area contributed by atoms with Gasteiger partial charge >= 0.3 is 18.1 Å². The normalized spacial score (nSPS) is 19.9. The predicted octanol–water partition coefficient (Wildman–Crippen LogP) is 3.44. The lowest BCUT2D eigenvalue weighted by Gasteiger charge is -2.26. The number of thiazole rings is 1. The van der Waals surface area contributed by atoms with Crippen molar-refractivity contribution in [2.45, 2.75) is 44.8 Å². The maximum atomic E-state index is 13.0. The number of carbonyl (C=O) groups excluding carboxylic acids is 1. The summed E-state index contributed by atoms with van der Waals surface area (Å²) in [4.78, 5) is 28.6. The van der Waals surface area contributed by atoms with Crippen LogP contribution >= 0.6 is 11.3 Å². The van der Waals surface area contributed by atoms with E-state index in [0.29, 0.717) is 28.4 Å². The third kappa shape index (κ3) is 6.01. The zero-order chi connectivity index (χ0) is 24.3. The zero-order valence-electron chi connectivity index (χ0n) is 18.1. The Hall–Kier alpha value is -2.70. The van der Waals surface area contributed by atoms with Crippen LogP contribution < -0.4 is 4.74 Å². The Morgan fingerprint density at radius 2 is 2.00 bits per heavy atom. The molecule has 3 rings (SSSR count). The van der Waals surface area contributed by atoms with Crippen LogP contribution in [0.1, 0.15) is 34.2 Å². The molecule has 1 saturated heterocycles. The minimum atomic E-state index is -4.57. The van der Waals surface area contributed by atoms with E-state index in [0.717, 1.165) is 5.56 Å². The number of carboxylic acid groups (broad SMARTS) is 1. The van der Waals surface area contributed by atoms with Gasteiger partial charge in [-0.2, -0.15) is 13.2 Å². The number of benzene rings is 1. The highest BCUT2D eigenvalue weighted by atomic mass is 32.1. The summed E-state index contributed by atoms with van der Waals surface area (Å²) < 4.78 is 54.5. The summed E-state index contributed by atoms with van der Waals surface area (Å²) in [7, 11) is 1.26. The van der Waals surface area contributed by atoms with Gasteiger partial charge in [-0.25, -0.2) is 14.6 Å². The van der Waals surface area contributed by atoms with Gasteiger partial charge in [-0.05, 0) is 38.0 Å². The van der Waals surface area contributed by atoms with Gasteiger partial charge in [0.05, 0.1) is 12.8 Å². The van der Waals surface area contributed by atoms with E-state index in [1.807, 2.05) is 6.92 Å². The number of carboxylic acids is 1. The molecule has 0 saturated carbocycles. The largest absolute Gasteiger partial charge is 0.482 e. The van der Waals surface area contributed by atoms with Gasteiger partial charge in [0.25, 0.3) is 0 Å². The van der Waals surface area contributed by atoms with Gasteiger partial charge in [-0.3, -0.25) is 4.90 Å². The van der Waals surface area contributed by atoms with Crippen molar-refractivity contribution in [2.24, 2.45) is 0 Å². The average Bonchev–Trinajstić information content (AvgIpc) is 3.37. The fourth-order valence-electron chi connectivity index (χ4n) is 3.54. The van der Waals surface area contributed by atoms with Crippen LogP contribution in [-0.4, -0.2) is 59.5 Å². The molecule has 1 aliphatic rings. The number of methoxy groups -OCH3 is 1. The van der Waals surface area contributed by atoms with Crippen LogP contribution in [0.15, 0.2) is 24.3 Å². The molecule has 0 radical (unpaired) electrons. The van der Waals surface area contributed by atoms with Crippen LogP contribution in [0.2, 0.25) is 0 Å². The number of hydrogen-bond acceptors (Lipinski definition) is 8. The van der Waals surface area contributed by atoms with Crippen LogP contribution in [0.3, 0.4) is 0 Å². The van der Waals surface area contributed by atoms with Crippen molar-refractivity contribution in [1.82, 2.24) is 9.88 Å². The molecule has 180 valence electrons. The second-order valence-electron chi connectivity index (χ2n) is 7.53. The van der Waals surface area contributed by atoms with Crippen molar-refractivity contribution in [3.8, 4) is 5.75 Å². The highest BCUT2D eigenvalue weighted by molar-refractivity contribution is 7.11. The van der Waals surface area contributed by atoms with Crippen molar-refractivity contribution in [2.75, 3.05) is 20.3 Å². The molecule has 3 atom stereocenters. The number of aliphatic carboxylic acids is 1. The van der Waals surface area contributed by atoms with Crippen LogP contribution in [0, 0.1) is 6.92 Å². The SMILES string of the molecule is COC(=O)COc1ccc(CC(C)N2CC(c3nc(C(F)(F)F)sc3C)OC2C(=O)O)cc1. The van der Waals surface area contributed by atoms with Crippen LogP contribution in [0.5, 0.6) is 5.75 Å². The second kappa shape index (κ2) is 10.1. The molecule has 3 unspecified atom stereocenters. The van der Waals surface area contributed by atoms with Crippen LogP contribution in [0.4, 0.5) is 13.2 Å². The summed E-state index contributed by atoms with van der Waals surface area (Å²) in [5, 5.41) is 8.63. The number of esters is 1. The van der Waals surface area contributed by atoms with E-state index in [9.17, 15) is 27.9 Å². The fourth-order valence-corrected chi connectivity index (χ4v) is 4.37. The maximum Gasteiger partial charge on any atom is 0.443 e. The fraction of sp³-hybridized carbons (Fsp3) is 0.476. The van der Waals surface area contributed by atoms with Gasteiger partial charge in [0.2, 0.25) is 6.23 Å². The number of hydrogen-bond donors (Lipinski definition) is 1. The lowest BCUT2D eigenvalue weighted by molar-refractivity contribution is -0.158. The van der Waals surface area contributed by atoms with E-state index in [-0.39, 0.29) is 24.9 Å². The Kier molecular flexibility index (Phi) is 7.60. The number of nitrogens with zero attached hydrogens (tertiary/aromatic N) is 2. The van der Waals surface area contributed by atoms with E-state index in [1.54, 1.807) is 29.2 Å². The third-order valence-corrected chi connectivity index (χ3v) is 6.20. The van der Waals surface area contributed by atoms with Crippen molar-refractivity contribution in [3.63, 3.8) is 0 Å². The maximum absolute atomic E-state index is 13.0. The van der Waals surface area contributed by atoms with E-state index < -0.39 is 35.5 Å². The average molecular weight is 488 g/mol. The Morgan fingerprint density at radius 3 is 2.55 bits per heavy atom. The first-order valence-electron chi connectivity index (χ1n) is 9.96. The Balaban J connectivity index is 1.69. The number of aromatic nitrogens is 1. The molecule has 8 nitrogen and oxygen atoms in total. The van der Waals surface area contributed by atoms with Crippen LogP contribution in [0.25, 0.3) is 0 Å². The summed E-state index contributed by atoms with van der Waals surface area (Å²) in [5.74, 6) is -1.25. The van der Waals surface area contributed by atoms with E-state index >= 15 is 0 Å². The quantitative estimate of drug-likeness (QED) is 0.565. The Morgan fingerprint density at radius 1 is 1.33 bits per heavy atom. The first-order chi connectivity index (χ1) is 15.5. The molecule has 1 N–H and O–H groups in total. The first kappa shape index (κ1) is 24.9. The molecule has 0 spiro atoms. The van der Waals surface area contributed by atoms with Crippen molar-refractivity contribution in [1.29, 1.82) is 0 Å². The van der Waals surface area contributed by atoms with Gasteiger partial charge in [-0.15, -0.1) is 11.3 Å².